The van der Waals surface area contributed by atoms with Crippen LogP contribution in [0.5, 0.6) is 5.75 Å². The number of hydrogen-bond donors (Lipinski definition) is 2. The Morgan fingerprint density at radius 2 is 1.90 bits per heavy atom. The molecule has 0 amide bonds. The Balaban J connectivity index is 1.55. The molecule has 4 aromatic rings. The third-order valence-corrected chi connectivity index (χ3v) is 4.84. The molecule has 0 atom stereocenters. The molecule has 9 nitrogen and oxygen atoms in total. The van der Waals surface area contributed by atoms with E-state index < -0.39 is 0 Å². The lowest BCUT2D eigenvalue weighted by Gasteiger charge is -2.03. The summed E-state index contributed by atoms with van der Waals surface area (Å²) >= 11 is 0. The molecule has 4 rings (SSSR count). The van der Waals surface area contributed by atoms with Crippen LogP contribution in [0, 0.1) is 0 Å². The normalized spacial score (nSPS) is 11.5. The number of hydrogen-bond acceptors (Lipinski definition) is 8. The molecule has 0 saturated carbocycles. The van der Waals surface area contributed by atoms with Crippen molar-refractivity contribution < 1.29 is 28.9 Å². The van der Waals surface area contributed by atoms with Crippen molar-refractivity contribution >= 4 is 27.9 Å². The third kappa shape index (κ3) is 4.58. The molecule has 31 heavy (non-hydrogen) atoms. The van der Waals surface area contributed by atoms with Crippen LogP contribution < -0.4 is 4.74 Å². The largest absolute Gasteiger partial charge is 0.491 e. The standard InChI is InChI=1S/C22H23N3O6/c1-25-18-5-2-14(19(28)13-29-8-6-26)10-17(18)23-21(25)12-22-24-16-4-3-15(30-9-7-27)11-20(16)31-22/h2-5,10-11,26-27H,6-9,12-13H2,1H3. The van der Waals surface area contributed by atoms with E-state index in [1.165, 1.54) is 0 Å². The van der Waals surface area contributed by atoms with Gasteiger partial charge >= 0.3 is 0 Å². The average Bonchev–Trinajstić information content (AvgIpc) is 3.31. The summed E-state index contributed by atoms with van der Waals surface area (Å²) < 4.78 is 18.3. The van der Waals surface area contributed by atoms with E-state index in [9.17, 15) is 4.79 Å². The number of Topliss-reactive ketones (excluding diaryl/α,β-unsaturated/α-hetero) is 1. The van der Waals surface area contributed by atoms with E-state index in [-0.39, 0.29) is 38.8 Å². The lowest BCUT2D eigenvalue weighted by atomic mass is 10.1. The number of ether oxygens (including phenoxy) is 2. The van der Waals surface area contributed by atoms with Crippen molar-refractivity contribution in [2.45, 2.75) is 6.42 Å². The maximum absolute atomic E-state index is 12.2. The summed E-state index contributed by atoms with van der Waals surface area (Å²) in [6.45, 7) is 0.0719. The first kappa shape index (κ1) is 21.0. The zero-order valence-corrected chi connectivity index (χ0v) is 17.1. The zero-order chi connectivity index (χ0) is 21.8. The van der Waals surface area contributed by atoms with Crippen molar-refractivity contribution in [2.75, 3.05) is 33.0 Å². The maximum atomic E-state index is 12.2. The van der Waals surface area contributed by atoms with Crippen molar-refractivity contribution in [3.8, 4) is 5.75 Å². The highest BCUT2D eigenvalue weighted by Gasteiger charge is 2.15. The average molecular weight is 425 g/mol. The number of carbonyl (C=O) groups is 1. The highest BCUT2D eigenvalue weighted by Crippen LogP contribution is 2.24. The molecule has 2 N–H and O–H groups in total. The SMILES string of the molecule is Cn1c(Cc2nc3ccc(OCCO)cc3o2)nc2cc(C(=O)COCCO)ccc21. The number of carbonyl (C=O) groups excluding carboxylic acids is 1. The molecule has 9 heteroatoms. The van der Waals surface area contributed by atoms with Gasteiger partial charge in [-0.3, -0.25) is 4.79 Å². The summed E-state index contributed by atoms with van der Waals surface area (Å²) in [4.78, 5) is 21.4. The van der Waals surface area contributed by atoms with E-state index in [0.717, 1.165) is 11.3 Å². The van der Waals surface area contributed by atoms with Crippen LogP contribution in [-0.4, -0.2) is 63.6 Å². The molecular weight excluding hydrogens is 402 g/mol. The number of aryl methyl sites for hydroxylation is 1. The molecule has 0 aliphatic heterocycles. The summed E-state index contributed by atoms with van der Waals surface area (Å²) in [6.07, 6.45) is 0.385. The number of oxazole rings is 1. The van der Waals surface area contributed by atoms with Gasteiger partial charge in [0.05, 0.1) is 37.3 Å². The van der Waals surface area contributed by atoms with Crippen LogP contribution in [0.15, 0.2) is 40.8 Å². The summed E-state index contributed by atoms with van der Waals surface area (Å²) in [7, 11) is 1.90. The number of benzene rings is 2. The summed E-state index contributed by atoms with van der Waals surface area (Å²) in [5.74, 6) is 1.70. The lowest BCUT2D eigenvalue weighted by Crippen LogP contribution is -2.11. The van der Waals surface area contributed by atoms with Gasteiger partial charge in [-0.1, -0.05) is 0 Å². The fourth-order valence-electron chi connectivity index (χ4n) is 3.31. The molecule has 0 aliphatic rings. The van der Waals surface area contributed by atoms with E-state index in [2.05, 4.69) is 9.97 Å². The van der Waals surface area contributed by atoms with Crippen LogP contribution in [0.2, 0.25) is 0 Å². The van der Waals surface area contributed by atoms with Crippen molar-refractivity contribution in [1.82, 2.24) is 14.5 Å². The molecule has 2 aromatic heterocycles. The monoisotopic (exact) mass is 425 g/mol. The Hall–Kier alpha value is -3.27. The molecule has 2 heterocycles. The summed E-state index contributed by atoms with van der Waals surface area (Å²) in [5, 5.41) is 17.6. The summed E-state index contributed by atoms with van der Waals surface area (Å²) in [6, 6.07) is 10.7. The highest BCUT2D eigenvalue weighted by molar-refractivity contribution is 5.99. The smallest absolute Gasteiger partial charge is 0.203 e. The molecule has 0 bridgehead atoms. The van der Waals surface area contributed by atoms with Crippen LogP contribution >= 0.6 is 0 Å². The predicted molar refractivity (Wildman–Crippen MR) is 112 cm³/mol. The Kier molecular flexibility index (Phi) is 6.26. The van der Waals surface area contributed by atoms with Gasteiger partial charge in [-0.2, -0.15) is 0 Å². The fourth-order valence-corrected chi connectivity index (χ4v) is 3.31. The number of imidazole rings is 1. The summed E-state index contributed by atoms with van der Waals surface area (Å²) in [5.41, 5.74) is 3.40. The Bertz CT molecular complexity index is 1210. The molecule has 162 valence electrons. The molecule has 0 spiro atoms. The zero-order valence-electron chi connectivity index (χ0n) is 17.1. The first-order chi connectivity index (χ1) is 15.1. The Morgan fingerprint density at radius 3 is 2.71 bits per heavy atom. The van der Waals surface area contributed by atoms with Crippen LogP contribution in [0.25, 0.3) is 22.1 Å². The molecule has 2 aromatic carbocycles. The van der Waals surface area contributed by atoms with E-state index in [0.29, 0.717) is 40.2 Å². The maximum Gasteiger partial charge on any atom is 0.203 e. The first-order valence-corrected chi connectivity index (χ1v) is 9.89. The van der Waals surface area contributed by atoms with E-state index in [1.54, 1.807) is 30.3 Å². The van der Waals surface area contributed by atoms with Crippen molar-refractivity contribution in [3.63, 3.8) is 0 Å². The number of rotatable bonds is 10. The van der Waals surface area contributed by atoms with Crippen molar-refractivity contribution in [2.24, 2.45) is 7.05 Å². The topological polar surface area (TPSA) is 120 Å². The lowest BCUT2D eigenvalue weighted by molar-refractivity contribution is 0.0664. The Labute approximate surface area is 177 Å². The van der Waals surface area contributed by atoms with Gasteiger partial charge in [0.1, 0.15) is 30.3 Å². The second-order valence-corrected chi connectivity index (χ2v) is 6.98. The number of aromatic nitrogens is 3. The van der Waals surface area contributed by atoms with Gasteiger partial charge in [0.25, 0.3) is 0 Å². The molecule has 0 saturated heterocycles. The van der Waals surface area contributed by atoms with Gasteiger partial charge in [0.2, 0.25) is 5.89 Å². The van der Waals surface area contributed by atoms with Gasteiger partial charge < -0.3 is 28.7 Å². The quantitative estimate of drug-likeness (QED) is 0.292. The molecule has 0 fully saturated rings. The molecule has 0 aliphatic carbocycles. The minimum absolute atomic E-state index is 0.0601. The van der Waals surface area contributed by atoms with Gasteiger partial charge in [-0.15, -0.1) is 0 Å². The Morgan fingerprint density at radius 1 is 1.06 bits per heavy atom. The van der Waals surface area contributed by atoms with E-state index >= 15 is 0 Å². The first-order valence-electron chi connectivity index (χ1n) is 9.89. The van der Waals surface area contributed by atoms with Gasteiger partial charge in [-0.25, -0.2) is 9.97 Å². The van der Waals surface area contributed by atoms with Gasteiger partial charge in [0.15, 0.2) is 11.4 Å². The van der Waals surface area contributed by atoms with E-state index in [4.69, 9.17) is 24.1 Å². The predicted octanol–water partition coefficient (Wildman–Crippen LogP) is 1.87. The van der Waals surface area contributed by atoms with Crippen LogP contribution in [0.3, 0.4) is 0 Å². The van der Waals surface area contributed by atoms with Gasteiger partial charge in [0, 0.05) is 18.7 Å². The van der Waals surface area contributed by atoms with Gasteiger partial charge in [-0.05, 0) is 30.3 Å². The fraction of sp³-hybridized carbons (Fsp3) is 0.318. The second-order valence-electron chi connectivity index (χ2n) is 6.98. The molecular formula is C22H23N3O6. The van der Waals surface area contributed by atoms with Crippen LogP contribution in [-0.2, 0) is 18.2 Å². The van der Waals surface area contributed by atoms with E-state index in [1.807, 2.05) is 17.7 Å². The van der Waals surface area contributed by atoms with Crippen molar-refractivity contribution in [1.29, 1.82) is 0 Å². The molecule has 0 radical (unpaired) electrons. The second kappa shape index (κ2) is 9.25. The molecule has 0 unspecified atom stereocenters. The third-order valence-electron chi connectivity index (χ3n) is 4.84. The minimum Gasteiger partial charge on any atom is -0.491 e. The van der Waals surface area contributed by atoms with Crippen LogP contribution in [0.4, 0.5) is 0 Å². The number of aliphatic hydroxyl groups is 2. The number of fused-ring (bicyclic) bond motifs is 2. The number of ketones is 1. The number of nitrogens with zero attached hydrogens (tertiary/aromatic N) is 3. The number of aliphatic hydroxyl groups excluding tert-OH is 2. The van der Waals surface area contributed by atoms with Crippen LogP contribution in [0.1, 0.15) is 22.1 Å². The highest BCUT2D eigenvalue weighted by atomic mass is 16.5. The van der Waals surface area contributed by atoms with Crippen molar-refractivity contribution in [3.05, 3.63) is 53.7 Å². The minimum atomic E-state index is -0.166.